The lowest BCUT2D eigenvalue weighted by atomic mass is 10.1. The molecule has 0 bridgehead atoms. The molecule has 3 saturated heterocycles. The number of thioether (sulfide) groups is 1. The van der Waals surface area contributed by atoms with Crippen molar-refractivity contribution in [3.05, 3.63) is 0 Å². The van der Waals surface area contributed by atoms with Gasteiger partial charge in [-0.15, -0.1) is 0 Å². The Morgan fingerprint density at radius 2 is 2.04 bits per heavy atom. The summed E-state index contributed by atoms with van der Waals surface area (Å²) in [6.45, 7) is 5.28. The molecule has 0 aromatic rings. The van der Waals surface area contributed by atoms with Gasteiger partial charge < -0.3 is 19.1 Å². The number of likely N-dealkylation sites (tertiary alicyclic amines) is 1. The number of fused-ring (bicyclic) bond motifs is 1. The van der Waals surface area contributed by atoms with Crippen LogP contribution in [0.2, 0.25) is 0 Å². The molecule has 1 N–H and O–H groups in total. The zero-order valence-corrected chi connectivity index (χ0v) is 15.9. The van der Waals surface area contributed by atoms with Crippen LogP contribution < -0.4 is 0 Å². The van der Waals surface area contributed by atoms with Crippen LogP contribution in [-0.4, -0.2) is 71.4 Å². The molecule has 0 saturated carbocycles. The molecule has 0 aliphatic carbocycles. The molecule has 4 atom stereocenters. The lowest BCUT2D eigenvalue weighted by Gasteiger charge is -2.25. The van der Waals surface area contributed by atoms with Gasteiger partial charge in [-0.1, -0.05) is 24.0 Å². The van der Waals surface area contributed by atoms with Crippen molar-refractivity contribution in [1.82, 2.24) is 4.90 Å². The van der Waals surface area contributed by atoms with Crippen molar-refractivity contribution in [1.29, 1.82) is 0 Å². The maximum Gasteiger partial charge on any atom is 0.397 e. The van der Waals surface area contributed by atoms with Crippen molar-refractivity contribution in [2.45, 2.75) is 57.1 Å². The van der Waals surface area contributed by atoms with Gasteiger partial charge in [0.15, 0.2) is 12.1 Å². The quantitative estimate of drug-likeness (QED) is 0.548. The van der Waals surface area contributed by atoms with Crippen molar-refractivity contribution in [3.8, 4) is 0 Å². The zero-order chi connectivity index (χ0) is 17.5. The molecule has 8 nitrogen and oxygen atoms in total. The van der Waals surface area contributed by atoms with E-state index in [2.05, 4.69) is 4.90 Å². The third kappa shape index (κ3) is 4.39. The number of thiocarbonyl (C=S) groups is 1. The fraction of sp³-hybridized carbons (Fsp3) is 0.923. The molecule has 0 unspecified atom stereocenters. The third-order valence-corrected chi connectivity index (χ3v) is 6.13. The number of hydrogen-bond acceptors (Lipinski definition) is 8. The van der Waals surface area contributed by atoms with Gasteiger partial charge in [0.05, 0.1) is 0 Å². The van der Waals surface area contributed by atoms with E-state index in [0.29, 0.717) is 5.75 Å². The summed E-state index contributed by atoms with van der Waals surface area (Å²) in [5.41, 5.74) is 0. The first kappa shape index (κ1) is 18.8. The van der Waals surface area contributed by atoms with E-state index < -0.39 is 40.8 Å². The first-order valence-corrected chi connectivity index (χ1v) is 10.5. The molecule has 11 heteroatoms. The standard InChI is InChI=1S/C13H21NO7S3/c1-13(2)19-10-9(21-24(15,16)17)8(18-11(10)20-13)7-23-12(22)14-5-3-4-6-14/h8-11H,3-7H2,1-2H3,(H,15,16,17)/t8-,9+,10-,11-/m1/s1. The van der Waals surface area contributed by atoms with E-state index in [0.717, 1.165) is 30.3 Å². The number of ether oxygens (including phenoxy) is 3. The van der Waals surface area contributed by atoms with E-state index in [-0.39, 0.29) is 0 Å². The van der Waals surface area contributed by atoms with Crippen molar-refractivity contribution < 1.29 is 31.4 Å². The minimum absolute atomic E-state index is 0.385. The Bertz CT molecular complexity index is 590. The maximum absolute atomic E-state index is 11.2. The normalized spacial score (nSPS) is 35.4. The topological polar surface area (TPSA) is 94.5 Å². The molecule has 0 aromatic heterocycles. The van der Waals surface area contributed by atoms with Gasteiger partial charge in [-0.05, 0) is 26.7 Å². The van der Waals surface area contributed by atoms with Gasteiger partial charge in [0, 0.05) is 18.8 Å². The van der Waals surface area contributed by atoms with Crippen molar-refractivity contribution in [2.75, 3.05) is 18.8 Å². The van der Waals surface area contributed by atoms with E-state index in [4.69, 9.17) is 35.2 Å². The Morgan fingerprint density at radius 3 is 2.67 bits per heavy atom. The second-order valence-corrected chi connectivity index (χ2v) is 9.10. The lowest BCUT2D eigenvalue weighted by molar-refractivity contribution is -0.210. The molecule has 3 heterocycles. The maximum atomic E-state index is 11.2. The summed E-state index contributed by atoms with van der Waals surface area (Å²) in [6.07, 6.45) is -0.832. The van der Waals surface area contributed by atoms with E-state index in [9.17, 15) is 8.42 Å². The molecule has 0 spiro atoms. The highest BCUT2D eigenvalue weighted by molar-refractivity contribution is 8.22. The Balaban J connectivity index is 1.64. The predicted molar refractivity (Wildman–Crippen MR) is 91.0 cm³/mol. The zero-order valence-electron chi connectivity index (χ0n) is 13.4. The van der Waals surface area contributed by atoms with Crippen LogP contribution in [0.1, 0.15) is 26.7 Å². The van der Waals surface area contributed by atoms with Gasteiger partial charge in [-0.2, -0.15) is 8.42 Å². The summed E-state index contributed by atoms with van der Waals surface area (Å²) < 4.78 is 54.0. The van der Waals surface area contributed by atoms with Gasteiger partial charge in [-0.25, -0.2) is 4.18 Å². The first-order valence-electron chi connectivity index (χ1n) is 7.73. The largest absolute Gasteiger partial charge is 0.397 e. The molecular formula is C13H21NO7S3. The number of rotatable bonds is 4. The SMILES string of the molecule is CC1(C)O[C@H]2O[C@H](CSC(=S)N3CCCC3)[C@H](OS(=O)(=O)O)[C@H]2O1. The van der Waals surface area contributed by atoms with E-state index in [1.165, 1.54) is 11.8 Å². The molecule has 3 aliphatic rings. The van der Waals surface area contributed by atoms with Crippen molar-refractivity contribution >= 4 is 38.7 Å². The van der Waals surface area contributed by atoms with Crippen LogP contribution in [0.25, 0.3) is 0 Å². The van der Waals surface area contributed by atoms with Gasteiger partial charge in [0.25, 0.3) is 0 Å². The van der Waals surface area contributed by atoms with Crippen LogP contribution >= 0.6 is 24.0 Å². The third-order valence-electron chi connectivity index (χ3n) is 4.06. The molecule has 0 amide bonds. The van der Waals surface area contributed by atoms with E-state index >= 15 is 0 Å². The van der Waals surface area contributed by atoms with Crippen LogP contribution in [0.15, 0.2) is 0 Å². The molecule has 24 heavy (non-hydrogen) atoms. The van der Waals surface area contributed by atoms with E-state index in [1.807, 2.05) is 0 Å². The number of nitrogens with zero attached hydrogens (tertiary/aromatic N) is 1. The van der Waals surface area contributed by atoms with Crippen LogP contribution in [0.4, 0.5) is 0 Å². The van der Waals surface area contributed by atoms with Gasteiger partial charge in [-0.3, -0.25) is 4.55 Å². The second kappa shape index (κ2) is 6.95. The van der Waals surface area contributed by atoms with Crippen LogP contribution in [0, 0.1) is 0 Å². The molecule has 3 aliphatic heterocycles. The molecule has 0 radical (unpaired) electrons. The summed E-state index contributed by atoms with van der Waals surface area (Å²) >= 11 is 6.80. The molecular weight excluding hydrogens is 378 g/mol. The van der Waals surface area contributed by atoms with Crippen molar-refractivity contribution in [3.63, 3.8) is 0 Å². The fourth-order valence-electron chi connectivity index (χ4n) is 3.08. The van der Waals surface area contributed by atoms with Gasteiger partial charge >= 0.3 is 10.4 Å². The highest BCUT2D eigenvalue weighted by atomic mass is 32.3. The first-order chi connectivity index (χ1) is 11.1. The fourth-order valence-corrected chi connectivity index (χ4v) is 4.92. The number of hydrogen-bond donors (Lipinski definition) is 1. The molecule has 0 aromatic carbocycles. The monoisotopic (exact) mass is 399 g/mol. The second-order valence-electron chi connectivity index (χ2n) is 6.40. The van der Waals surface area contributed by atoms with Gasteiger partial charge in [0.1, 0.15) is 22.6 Å². The summed E-state index contributed by atoms with van der Waals surface area (Å²) in [7, 11) is -4.64. The minimum atomic E-state index is -4.64. The Hall–Kier alpha value is -0.0100. The lowest BCUT2D eigenvalue weighted by Crippen LogP contribution is -2.39. The Morgan fingerprint density at radius 1 is 1.38 bits per heavy atom. The summed E-state index contributed by atoms with van der Waals surface area (Å²) in [5.74, 6) is -0.519. The molecule has 138 valence electrons. The average Bonchev–Trinajstić information content (AvgIpc) is 3.12. The molecule has 3 rings (SSSR count). The predicted octanol–water partition coefficient (Wildman–Crippen LogP) is 1.16. The minimum Gasteiger partial charge on any atom is -0.358 e. The van der Waals surface area contributed by atoms with Crippen molar-refractivity contribution in [2.24, 2.45) is 0 Å². The summed E-state index contributed by atoms with van der Waals surface area (Å²) in [5, 5.41) is 0. The smallest absolute Gasteiger partial charge is 0.358 e. The average molecular weight is 400 g/mol. The van der Waals surface area contributed by atoms with Crippen LogP contribution in [0.3, 0.4) is 0 Å². The van der Waals surface area contributed by atoms with Crippen LogP contribution in [-0.2, 0) is 28.8 Å². The van der Waals surface area contributed by atoms with E-state index in [1.54, 1.807) is 13.8 Å². The summed E-state index contributed by atoms with van der Waals surface area (Å²) in [6, 6.07) is 0. The summed E-state index contributed by atoms with van der Waals surface area (Å²) in [4.78, 5) is 2.12. The molecule has 3 fully saturated rings. The highest BCUT2D eigenvalue weighted by Crippen LogP contribution is 2.40. The Kier molecular flexibility index (Phi) is 5.44. The Labute approximate surface area is 151 Å². The van der Waals surface area contributed by atoms with Gasteiger partial charge in [0.2, 0.25) is 0 Å². The van der Waals surface area contributed by atoms with Crippen LogP contribution in [0.5, 0.6) is 0 Å². The highest BCUT2D eigenvalue weighted by Gasteiger charge is 2.56.